The number of hydrogen-bond acceptors (Lipinski definition) is 2. The van der Waals surface area contributed by atoms with Crippen molar-refractivity contribution >= 4 is 0 Å². The van der Waals surface area contributed by atoms with Crippen molar-refractivity contribution in [1.82, 2.24) is 4.98 Å². The molecule has 0 spiro atoms. The number of nitrogens with zero attached hydrogens (tertiary/aromatic N) is 1. The van der Waals surface area contributed by atoms with Crippen LogP contribution in [0.1, 0.15) is 5.56 Å². The maximum Gasteiger partial charge on any atom is 0.220 e. The molecule has 16 heavy (non-hydrogen) atoms. The quantitative estimate of drug-likeness (QED) is 0.790. The number of pyridine rings is 1. The molecule has 0 radical (unpaired) electrons. The van der Waals surface area contributed by atoms with Crippen LogP contribution in [0.25, 0.3) is 11.1 Å². The van der Waals surface area contributed by atoms with Crippen LogP contribution in [0.5, 0.6) is 0 Å². The summed E-state index contributed by atoms with van der Waals surface area (Å²) >= 11 is 0. The highest BCUT2D eigenvalue weighted by Gasteiger charge is 2.11. The van der Waals surface area contributed by atoms with Gasteiger partial charge >= 0.3 is 0 Å². The van der Waals surface area contributed by atoms with E-state index < -0.39 is 11.8 Å². The van der Waals surface area contributed by atoms with E-state index in [-0.39, 0.29) is 17.7 Å². The van der Waals surface area contributed by atoms with Gasteiger partial charge < -0.3 is 5.11 Å². The monoisotopic (exact) mass is 221 g/mol. The molecule has 0 saturated heterocycles. The van der Waals surface area contributed by atoms with Crippen LogP contribution in [0.15, 0.2) is 36.5 Å². The predicted molar refractivity (Wildman–Crippen MR) is 55.5 cm³/mol. The molecule has 0 aliphatic heterocycles. The van der Waals surface area contributed by atoms with Crippen LogP contribution in [-0.4, -0.2) is 10.1 Å². The summed E-state index contributed by atoms with van der Waals surface area (Å²) in [6.07, 6.45) is 1.22. The fraction of sp³-hybridized carbons (Fsp3) is 0.0833. The Kier molecular flexibility index (Phi) is 2.92. The summed E-state index contributed by atoms with van der Waals surface area (Å²) < 4.78 is 26.8. The molecule has 0 unspecified atom stereocenters. The predicted octanol–water partition coefficient (Wildman–Crippen LogP) is 2.52. The van der Waals surface area contributed by atoms with E-state index in [4.69, 9.17) is 5.11 Å². The van der Waals surface area contributed by atoms with Gasteiger partial charge in [0.15, 0.2) is 0 Å². The molecule has 0 aliphatic rings. The maximum absolute atomic E-state index is 13.4. The second-order valence-electron chi connectivity index (χ2n) is 3.32. The summed E-state index contributed by atoms with van der Waals surface area (Å²) in [5.74, 6) is -1.26. The Hall–Kier alpha value is -1.81. The van der Waals surface area contributed by atoms with Crippen LogP contribution in [0, 0.1) is 11.8 Å². The number of hydrogen-bond donors (Lipinski definition) is 1. The Bertz CT molecular complexity index is 514. The van der Waals surface area contributed by atoms with Gasteiger partial charge in [-0.05, 0) is 17.7 Å². The van der Waals surface area contributed by atoms with Crippen molar-refractivity contribution in [2.45, 2.75) is 6.61 Å². The Balaban J connectivity index is 2.59. The van der Waals surface area contributed by atoms with Gasteiger partial charge in [-0.1, -0.05) is 18.2 Å². The van der Waals surface area contributed by atoms with Gasteiger partial charge in [-0.3, -0.25) is 0 Å². The number of aliphatic hydroxyl groups is 1. The van der Waals surface area contributed by atoms with E-state index >= 15 is 0 Å². The summed E-state index contributed by atoms with van der Waals surface area (Å²) in [5, 5.41) is 8.91. The lowest BCUT2D eigenvalue weighted by atomic mass is 10.1. The summed E-state index contributed by atoms with van der Waals surface area (Å²) in [5.41, 5.74) is 0.645. The third-order valence-electron chi connectivity index (χ3n) is 2.24. The minimum atomic E-state index is -0.748. The van der Waals surface area contributed by atoms with Gasteiger partial charge in [0.2, 0.25) is 5.95 Å². The number of benzene rings is 1. The average Bonchev–Trinajstić information content (AvgIpc) is 2.31. The van der Waals surface area contributed by atoms with Crippen molar-refractivity contribution in [1.29, 1.82) is 0 Å². The number of aromatic nitrogens is 1. The van der Waals surface area contributed by atoms with Crippen LogP contribution < -0.4 is 0 Å². The van der Waals surface area contributed by atoms with Crippen LogP contribution in [0.2, 0.25) is 0 Å². The largest absolute Gasteiger partial charge is 0.392 e. The highest BCUT2D eigenvalue weighted by Crippen LogP contribution is 2.25. The molecule has 0 fully saturated rings. The molecule has 1 N–H and O–H groups in total. The molecular weight excluding hydrogens is 212 g/mol. The van der Waals surface area contributed by atoms with Crippen molar-refractivity contribution in [2.24, 2.45) is 0 Å². The Morgan fingerprint density at radius 1 is 1.12 bits per heavy atom. The van der Waals surface area contributed by atoms with E-state index in [9.17, 15) is 8.78 Å². The van der Waals surface area contributed by atoms with E-state index in [2.05, 4.69) is 4.98 Å². The third-order valence-corrected chi connectivity index (χ3v) is 2.24. The molecular formula is C12H9F2NO. The van der Waals surface area contributed by atoms with Crippen molar-refractivity contribution in [3.05, 3.63) is 53.9 Å². The van der Waals surface area contributed by atoms with Gasteiger partial charge in [-0.2, -0.15) is 4.39 Å². The number of rotatable bonds is 2. The number of aliphatic hydroxyl groups excluding tert-OH is 1. The molecule has 0 bridgehead atoms. The lowest BCUT2D eigenvalue weighted by molar-refractivity contribution is 0.281. The minimum absolute atomic E-state index is 0.0599. The lowest BCUT2D eigenvalue weighted by Gasteiger charge is -2.05. The highest BCUT2D eigenvalue weighted by molar-refractivity contribution is 5.64. The average molecular weight is 221 g/mol. The Labute approximate surface area is 91.2 Å². The third kappa shape index (κ3) is 1.92. The van der Waals surface area contributed by atoms with Gasteiger partial charge in [0, 0.05) is 17.3 Å². The van der Waals surface area contributed by atoms with Gasteiger partial charge in [-0.25, -0.2) is 9.37 Å². The topological polar surface area (TPSA) is 33.1 Å². The molecule has 1 aromatic carbocycles. The van der Waals surface area contributed by atoms with Crippen LogP contribution in [-0.2, 0) is 6.61 Å². The van der Waals surface area contributed by atoms with Gasteiger partial charge in [-0.15, -0.1) is 0 Å². The first-order valence-corrected chi connectivity index (χ1v) is 4.72. The van der Waals surface area contributed by atoms with Crippen LogP contribution in [0.4, 0.5) is 8.78 Å². The van der Waals surface area contributed by atoms with Crippen LogP contribution >= 0.6 is 0 Å². The van der Waals surface area contributed by atoms with Crippen LogP contribution in [0.3, 0.4) is 0 Å². The van der Waals surface area contributed by atoms with Crippen molar-refractivity contribution in [3.8, 4) is 11.1 Å². The fourth-order valence-corrected chi connectivity index (χ4v) is 1.45. The molecule has 0 saturated carbocycles. The van der Waals surface area contributed by atoms with E-state index in [1.807, 2.05) is 0 Å². The zero-order valence-corrected chi connectivity index (χ0v) is 8.32. The summed E-state index contributed by atoms with van der Waals surface area (Å²) in [6.45, 7) is -0.255. The molecule has 1 aromatic heterocycles. The van der Waals surface area contributed by atoms with Gasteiger partial charge in [0.25, 0.3) is 0 Å². The molecule has 1 heterocycles. The maximum atomic E-state index is 13.4. The molecule has 2 nitrogen and oxygen atoms in total. The molecule has 4 heteroatoms. The Morgan fingerprint density at radius 2 is 1.88 bits per heavy atom. The SMILES string of the molecule is OCc1cnc(F)c(-c2ccccc2F)c1. The first-order chi connectivity index (χ1) is 7.72. The second-order valence-corrected chi connectivity index (χ2v) is 3.32. The molecule has 0 amide bonds. The van der Waals surface area contributed by atoms with E-state index in [0.717, 1.165) is 0 Å². The zero-order valence-electron chi connectivity index (χ0n) is 8.32. The Morgan fingerprint density at radius 3 is 2.56 bits per heavy atom. The lowest BCUT2D eigenvalue weighted by Crippen LogP contribution is -1.94. The van der Waals surface area contributed by atoms with Gasteiger partial charge in [0.05, 0.1) is 6.61 Å². The fourth-order valence-electron chi connectivity index (χ4n) is 1.45. The van der Waals surface area contributed by atoms with E-state index in [0.29, 0.717) is 5.56 Å². The van der Waals surface area contributed by atoms with E-state index in [1.165, 1.54) is 30.5 Å². The summed E-state index contributed by atoms with van der Waals surface area (Å²) in [6, 6.07) is 7.25. The molecule has 0 aliphatic carbocycles. The molecule has 2 aromatic rings. The first-order valence-electron chi connectivity index (χ1n) is 4.72. The first kappa shape index (κ1) is 10.7. The smallest absolute Gasteiger partial charge is 0.220 e. The number of halogens is 2. The summed E-state index contributed by atoms with van der Waals surface area (Å²) in [7, 11) is 0. The molecule has 0 atom stereocenters. The van der Waals surface area contributed by atoms with E-state index in [1.54, 1.807) is 6.07 Å². The summed E-state index contributed by atoms with van der Waals surface area (Å²) in [4.78, 5) is 3.47. The highest BCUT2D eigenvalue weighted by atomic mass is 19.1. The standard InChI is InChI=1S/C12H9F2NO/c13-11-4-2-1-3-9(11)10-5-8(7-16)6-15-12(10)14/h1-6,16H,7H2. The minimum Gasteiger partial charge on any atom is -0.392 e. The van der Waals surface area contributed by atoms with Crippen molar-refractivity contribution < 1.29 is 13.9 Å². The van der Waals surface area contributed by atoms with Crippen molar-refractivity contribution in [3.63, 3.8) is 0 Å². The zero-order chi connectivity index (χ0) is 11.5. The molecule has 82 valence electrons. The second kappa shape index (κ2) is 4.37. The van der Waals surface area contributed by atoms with Crippen molar-refractivity contribution in [2.75, 3.05) is 0 Å². The van der Waals surface area contributed by atoms with Gasteiger partial charge in [0.1, 0.15) is 5.82 Å². The normalized spacial score (nSPS) is 10.4. The molecule has 2 rings (SSSR count).